The molecule has 13 heteroatoms. The first-order valence-electron chi connectivity index (χ1n) is 15.0. The summed E-state index contributed by atoms with van der Waals surface area (Å²) in [4.78, 5) is 54.6. The van der Waals surface area contributed by atoms with Crippen LogP contribution in [0.1, 0.15) is 71.7 Å². The van der Waals surface area contributed by atoms with Gasteiger partial charge in [0.05, 0.1) is 18.1 Å². The number of nitrogens with one attached hydrogen (secondary N) is 2. The lowest BCUT2D eigenvalue weighted by molar-refractivity contribution is -0.140. The van der Waals surface area contributed by atoms with Gasteiger partial charge in [0.25, 0.3) is 5.56 Å². The number of methoxy groups -OCH3 is 1. The van der Waals surface area contributed by atoms with Gasteiger partial charge in [-0.1, -0.05) is 40.5 Å². The first-order chi connectivity index (χ1) is 21.2. The van der Waals surface area contributed by atoms with Crippen molar-refractivity contribution in [3.8, 4) is 18.6 Å². The molecule has 2 aliphatic rings. The molecule has 2 fully saturated rings. The van der Waals surface area contributed by atoms with E-state index in [1.54, 1.807) is 32.0 Å². The Balaban J connectivity index is 0.000000305. The molecule has 45 heavy (non-hydrogen) atoms. The third-order valence-electron chi connectivity index (χ3n) is 8.32. The molecule has 2 aromatic rings. The van der Waals surface area contributed by atoms with Crippen molar-refractivity contribution in [2.75, 3.05) is 13.7 Å². The van der Waals surface area contributed by atoms with E-state index in [9.17, 15) is 28.0 Å². The summed E-state index contributed by atoms with van der Waals surface area (Å²) >= 11 is 0. The fraction of sp³-hybridized carbons (Fsp3) is 0.594. The fourth-order valence-corrected chi connectivity index (χ4v) is 5.54. The molecule has 3 amide bonds. The van der Waals surface area contributed by atoms with Crippen LogP contribution >= 0.6 is 0 Å². The number of ether oxygens (including phenoxy) is 1. The van der Waals surface area contributed by atoms with Crippen LogP contribution in [-0.2, 0) is 9.59 Å². The third kappa shape index (κ3) is 9.89. The minimum absolute atomic E-state index is 0.000842. The zero-order valence-electron chi connectivity index (χ0n) is 26.5. The number of terminal acetylenes is 1. The second-order valence-electron chi connectivity index (χ2n) is 12.0. The molecule has 3 unspecified atom stereocenters. The molecule has 1 saturated carbocycles. The molecule has 1 aromatic heterocycles. The summed E-state index contributed by atoms with van der Waals surface area (Å²) in [5.74, 6) is 0.801. The molecule has 1 saturated heterocycles. The number of aromatic amines is 1. The number of hydrogen-bond acceptors (Lipinski definition) is 6. The monoisotopic (exact) mass is 633 g/mol. The molecule has 0 bridgehead atoms. The predicted molar refractivity (Wildman–Crippen MR) is 167 cm³/mol. The van der Waals surface area contributed by atoms with Crippen molar-refractivity contribution in [1.29, 1.82) is 0 Å². The first kappa shape index (κ1) is 37.0. The summed E-state index contributed by atoms with van der Waals surface area (Å²) in [5, 5.41) is 11.0. The lowest BCUT2D eigenvalue weighted by Crippen LogP contribution is -2.55. The average Bonchev–Trinajstić information content (AvgIpc) is 3.56. The van der Waals surface area contributed by atoms with Gasteiger partial charge in [0.15, 0.2) is 6.17 Å². The number of carboxylic acid groups (broad SMARTS) is 1. The molecule has 7 atom stereocenters. The molecule has 0 spiro atoms. The van der Waals surface area contributed by atoms with E-state index in [2.05, 4.69) is 35.1 Å². The molecule has 11 nitrogen and oxygen atoms in total. The standard InChI is InChI=1S/C18H22F2N2O2.C12H21N3O4.C2H2/c1-10-8-11(10)4-3-5-13(19)16(20)17-18(23)22-15-9-12(24-2)6-7-14(15)21-17;1-6(2)8(14-12(18)19)11(17)15-5-4-7(3)9(15)10(13)16;1-2/h6-7,9-11,13,16H,3-5,8H2,1-2H3,(H,22,23);6-9,14H,4-5H2,1-3H3,(H2,13,16)(H,18,19);1-2H/t10-,11?,13?,16?;7-,8+,9+;/m01./s1. The van der Waals surface area contributed by atoms with Gasteiger partial charge in [-0.3, -0.25) is 14.4 Å². The summed E-state index contributed by atoms with van der Waals surface area (Å²) in [6.45, 7) is 7.95. The topological polar surface area (TPSA) is 168 Å². The van der Waals surface area contributed by atoms with Gasteiger partial charge < -0.3 is 30.8 Å². The highest BCUT2D eigenvalue weighted by Crippen LogP contribution is 2.42. The van der Waals surface area contributed by atoms with Crippen molar-refractivity contribution in [2.24, 2.45) is 29.4 Å². The van der Waals surface area contributed by atoms with E-state index >= 15 is 0 Å². The number of nitrogens with zero attached hydrogens (tertiary/aromatic N) is 2. The number of fused-ring (bicyclic) bond motifs is 1. The number of nitrogens with two attached hydrogens (primary N) is 1. The minimum atomic E-state index is -2.00. The zero-order valence-corrected chi connectivity index (χ0v) is 26.5. The largest absolute Gasteiger partial charge is 0.497 e. The van der Waals surface area contributed by atoms with E-state index in [1.165, 1.54) is 18.4 Å². The van der Waals surface area contributed by atoms with Crippen LogP contribution in [0.2, 0.25) is 0 Å². The number of alkyl halides is 2. The van der Waals surface area contributed by atoms with Crippen LogP contribution in [0.15, 0.2) is 23.0 Å². The number of carbonyl (C=O) groups excluding carboxylic acids is 2. The van der Waals surface area contributed by atoms with Crippen LogP contribution < -0.4 is 21.3 Å². The van der Waals surface area contributed by atoms with Gasteiger partial charge in [0, 0.05) is 12.6 Å². The second kappa shape index (κ2) is 16.7. The fourth-order valence-electron chi connectivity index (χ4n) is 5.54. The quantitative estimate of drug-likeness (QED) is 0.267. The van der Waals surface area contributed by atoms with Crippen LogP contribution in [0.3, 0.4) is 0 Å². The van der Waals surface area contributed by atoms with E-state index in [-0.39, 0.29) is 29.9 Å². The molecular formula is C32H45F2N5O6. The summed E-state index contributed by atoms with van der Waals surface area (Å²) in [6, 6.07) is 3.37. The molecule has 1 aromatic carbocycles. The third-order valence-corrected chi connectivity index (χ3v) is 8.32. The predicted octanol–water partition coefficient (Wildman–Crippen LogP) is 4.36. The maximum absolute atomic E-state index is 14.4. The molecule has 1 aliphatic heterocycles. The van der Waals surface area contributed by atoms with Crippen molar-refractivity contribution >= 4 is 28.9 Å². The Hall–Kier alpha value is -4.21. The number of likely N-dealkylation sites (tertiary alicyclic amines) is 1. The summed E-state index contributed by atoms with van der Waals surface area (Å²) < 4.78 is 33.6. The molecule has 248 valence electrons. The van der Waals surface area contributed by atoms with Crippen molar-refractivity contribution in [1.82, 2.24) is 20.2 Å². The molecule has 4 rings (SSSR count). The second-order valence-corrected chi connectivity index (χ2v) is 12.0. The lowest BCUT2D eigenvalue weighted by atomic mass is 10.00. The summed E-state index contributed by atoms with van der Waals surface area (Å²) in [5.41, 5.74) is 5.09. The van der Waals surface area contributed by atoms with Gasteiger partial charge in [-0.25, -0.2) is 18.6 Å². The van der Waals surface area contributed by atoms with Crippen molar-refractivity contribution < 1.29 is 33.0 Å². The lowest BCUT2D eigenvalue weighted by Gasteiger charge is -2.30. The number of benzene rings is 1. The van der Waals surface area contributed by atoms with Crippen LogP contribution in [0.4, 0.5) is 13.6 Å². The maximum Gasteiger partial charge on any atom is 0.405 e. The average molecular weight is 634 g/mol. The highest BCUT2D eigenvalue weighted by molar-refractivity contribution is 5.91. The van der Waals surface area contributed by atoms with E-state index < -0.39 is 42.0 Å². The number of amides is 3. The molecular weight excluding hydrogens is 588 g/mol. The van der Waals surface area contributed by atoms with Crippen molar-refractivity contribution in [3.05, 3.63) is 34.2 Å². The van der Waals surface area contributed by atoms with Gasteiger partial charge in [-0.15, -0.1) is 12.8 Å². The molecule has 5 N–H and O–H groups in total. The highest BCUT2D eigenvalue weighted by atomic mass is 19.2. The Morgan fingerprint density at radius 1 is 1.22 bits per heavy atom. The number of rotatable bonds is 11. The zero-order chi connectivity index (χ0) is 34.0. The molecule has 2 heterocycles. The molecule has 1 aliphatic carbocycles. The Labute approximate surface area is 262 Å². The van der Waals surface area contributed by atoms with Crippen LogP contribution in [0.5, 0.6) is 5.75 Å². The Bertz CT molecular complexity index is 1400. The number of H-pyrrole nitrogens is 1. The van der Waals surface area contributed by atoms with Crippen LogP contribution in [-0.4, -0.2) is 69.8 Å². The van der Waals surface area contributed by atoms with Gasteiger partial charge in [0.2, 0.25) is 11.8 Å². The molecule has 0 radical (unpaired) electrons. The summed E-state index contributed by atoms with van der Waals surface area (Å²) in [6.07, 6.45) is 6.60. The number of primary amides is 1. The van der Waals surface area contributed by atoms with Gasteiger partial charge in [-0.05, 0) is 55.1 Å². The Morgan fingerprint density at radius 3 is 2.40 bits per heavy atom. The van der Waals surface area contributed by atoms with E-state index in [1.807, 2.05) is 6.92 Å². The van der Waals surface area contributed by atoms with E-state index in [4.69, 9.17) is 15.6 Å². The van der Waals surface area contributed by atoms with Gasteiger partial charge >= 0.3 is 6.09 Å². The number of halogens is 2. The normalized spacial score (nSPS) is 22.2. The van der Waals surface area contributed by atoms with Crippen molar-refractivity contribution in [2.45, 2.75) is 84.2 Å². The number of carbonyl (C=O) groups is 3. The van der Waals surface area contributed by atoms with E-state index in [0.717, 1.165) is 6.42 Å². The van der Waals surface area contributed by atoms with Crippen LogP contribution in [0.25, 0.3) is 11.0 Å². The summed E-state index contributed by atoms with van der Waals surface area (Å²) in [7, 11) is 1.51. The van der Waals surface area contributed by atoms with Crippen LogP contribution in [0, 0.1) is 36.5 Å². The SMILES string of the molecule is C#C.CC(C)[C@H](NC(=O)O)C(=O)N1CC[C@@H](C)[C@H]1C(N)=O.COc1ccc2nc(C(F)C(F)CCCC3C[C@@H]3C)c(=O)[nH]c2c1. The van der Waals surface area contributed by atoms with Crippen molar-refractivity contribution in [3.63, 3.8) is 0 Å². The maximum atomic E-state index is 14.4. The van der Waals surface area contributed by atoms with E-state index in [0.29, 0.717) is 48.0 Å². The number of hydrogen-bond donors (Lipinski definition) is 4. The smallest absolute Gasteiger partial charge is 0.405 e. The number of aromatic nitrogens is 2. The highest BCUT2D eigenvalue weighted by Gasteiger charge is 2.41. The van der Waals surface area contributed by atoms with Gasteiger partial charge in [-0.2, -0.15) is 0 Å². The van der Waals surface area contributed by atoms with Gasteiger partial charge in [0.1, 0.15) is 29.7 Å². The minimum Gasteiger partial charge on any atom is -0.497 e. The Morgan fingerprint density at radius 2 is 1.87 bits per heavy atom. The first-order valence-corrected chi connectivity index (χ1v) is 15.0. The Kier molecular flexibility index (Phi) is 13.8.